The molecule has 3 heteroatoms. The van der Waals surface area contributed by atoms with Gasteiger partial charge in [0.2, 0.25) is 0 Å². The van der Waals surface area contributed by atoms with E-state index in [4.69, 9.17) is 4.74 Å². The first kappa shape index (κ1) is 14.8. The normalized spacial score (nSPS) is 10.9. The summed E-state index contributed by atoms with van der Waals surface area (Å²) in [7, 11) is 0. The quantitative estimate of drug-likeness (QED) is 0.545. The maximum absolute atomic E-state index is 13.3. The summed E-state index contributed by atoms with van der Waals surface area (Å²) < 4.78 is 18.7. The van der Waals surface area contributed by atoms with Crippen LogP contribution in [0.25, 0.3) is 0 Å². The fourth-order valence-electron chi connectivity index (χ4n) is 1.50. The van der Waals surface area contributed by atoms with E-state index in [1.54, 1.807) is 19.1 Å². The molecule has 0 fully saturated rings. The van der Waals surface area contributed by atoms with Crippen LogP contribution in [0.1, 0.15) is 42.6 Å². The molecule has 18 heavy (non-hydrogen) atoms. The highest BCUT2D eigenvalue weighted by Gasteiger charge is 2.08. The molecule has 2 nitrogen and oxygen atoms in total. The number of carbonyl (C=O) groups excluding carboxylic acids is 1. The van der Waals surface area contributed by atoms with Crippen molar-refractivity contribution in [3.05, 3.63) is 35.1 Å². The first-order chi connectivity index (χ1) is 8.50. The van der Waals surface area contributed by atoms with Gasteiger partial charge in [0.05, 0.1) is 6.61 Å². The Morgan fingerprint density at radius 1 is 1.33 bits per heavy atom. The topological polar surface area (TPSA) is 26.3 Å². The molecule has 0 aliphatic heterocycles. The second-order valence-corrected chi connectivity index (χ2v) is 4.93. The Kier molecular flexibility index (Phi) is 5.99. The summed E-state index contributed by atoms with van der Waals surface area (Å²) >= 11 is 0. The largest absolute Gasteiger partial charge is 0.381 e. The third kappa shape index (κ3) is 4.96. The minimum absolute atomic E-state index is 0.0709. The Hall–Kier alpha value is -1.22. The minimum Gasteiger partial charge on any atom is -0.381 e. The molecule has 0 bridgehead atoms. The van der Waals surface area contributed by atoms with Crippen LogP contribution in [0.3, 0.4) is 0 Å². The van der Waals surface area contributed by atoms with Gasteiger partial charge in [0.25, 0.3) is 0 Å². The third-order valence-electron chi connectivity index (χ3n) is 2.81. The molecule has 0 N–H and O–H groups in total. The van der Waals surface area contributed by atoms with E-state index >= 15 is 0 Å². The van der Waals surface area contributed by atoms with Crippen molar-refractivity contribution in [2.24, 2.45) is 5.92 Å². The van der Waals surface area contributed by atoms with Gasteiger partial charge in [-0.1, -0.05) is 26.0 Å². The fraction of sp³-hybridized carbons (Fsp3) is 0.533. The molecule has 1 aromatic rings. The lowest BCUT2D eigenvalue weighted by molar-refractivity contribution is 0.0860. The molecule has 0 amide bonds. The van der Waals surface area contributed by atoms with Crippen molar-refractivity contribution in [3.63, 3.8) is 0 Å². The van der Waals surface area contributed by atoms with E-state index in [9.17, 15) is 9.18 Å². The fourth-order valence-corrected chi connectivity index (χ4v) is 1.50. The van der Waals surface area contributed by atoms with Gasteiger partial charge in [0.15, 0.2) is 5.78 Å². The van der Waals surface area contributed by atoms with Gasteiger partial charge in [-0.25, -0.2) is 4.39 Å². The number of halogens is 1. The highest BCUT2D eigenvalue weighted by atomic mass is 19.1. The number of Topliss-reactive ketones (excluding diaryl/α,β-unsaturated/α-hetero) is 1. The molecule has 100 valence electrons. The van der Waals surface area contributed by atoms with Crippen LogP contribution in [0, 0.1) is 18.7 Å². The van der Waals surface area contributed by atoms with Crippen molar-refractivity contribution >= 4 is 5.78 Å². The molecule has 1 aromatic carbocycles. The summed E-state index contributed by atoms with van der Waals surface area (Å²) in [6.07, 6.45) is 1.30. The number of carbonyl (C=O) groups is 1. The molecule has 0 aliphatic rings. The number of hydrogen-bond acceptors (Lipinski definition) is 2. The summed E-state index contributed by atoms with van der Waals surface area (Å²) in [5.74, 6) is 0.201. The Labute approximate surface area is 108 Å². The van der Waals surface area contributed by atoms with Crippen molar-refractivity contribution < 1.29 is 13.9 Å². The highest BCUT2D eigenvalue weighted by Crippen LogP contribution is 2.11. The Morgan fingerprint density at radius 3 is 2.67 bits per heavy atom. The summed E-state index contributed by atoms with van der Waals surface area (Å²) in [4.78, 5) is 11.8. The van der Waals surface area contributed by atoms with Gasteiger partial charge in [-0.2, -0.15) is 0 Å². The van der Waals surface area contributed by atoms with Gasteiger partial charge < -0.3 is 4.74 Å². The predicted molar refractivity (Wildman–Crippen MR) is 70.4 cm³/mol. The Bertz CT molecular complexity index is 399. The van der Waals surface area contributed by atoms with Crippen LogP contribution in [-0.4, -0.2) is 19.0 Å². The van der Waals surface area contributed by atoms with E-state index < -0.39 is 0 Å². The molecule has 0 radical (unpaired) electrons. The summed E-state index contributed by atoms with van der Waals surface area (Å²) in [6, 6.07) is 4.59. The van der Waals surface area contributed by atoms with Crippen LogP contribution in [0.4, 0.5) is 4.39 Å². The van der Waals surface area contributed by atoms with E-state index in [-0.39, 0.29) is 11.6 Å². The molecule has 0 aromatic heterocycles. The van der Waals surface area contributed by atoms with Gasteiger partial charge in [0, 0.05) is 18.6 Å². The SMILES string of the molecule is Cc1ccc(C(=O)CCOCCC(C)C)cc1F. The molecule has 0 aliphatic carbocycles. The number of aryl methyl sites for hydroxylation is 1. The summed E-state index contributed by atoms with van der Waals surface area (Å²) in [5, 5.41) is 0. The molecule has 0 spiro atoms. The molecule has 0 saturated carbocycles. The monoisotopic (exact) mass is 252 g/mol. The van der Waals surface area contributed by atoms with Crippen LogP contribution in [0.5, 0.6) is 0 Å². The first-order valence-corrected chi connectivity index (χ1v) is 6.37. The number of hydrogen-bond donors (Lipinski definition) is 0. The smallest absolute Gasteiger partial charge is 0.165 e. The van der Waals surface area contributed by atoms with E-state index in [1.807, 2.05) is 0 Å². The second-order valence-electron chi connectivity index (χ2n) is 4.93. The van der Waals surface area contributed by atoms with Gasteiger partial charge in [-0.3, -0.25) is 4.79 Å². The van der Waals surface area contributed by atoms with Crippen molar-refractivity contribution in [2.45, 2.75) is 33.6 Å². The lowest BCUT2D eigenvalue weighted by atomic mass is 10.1. The van der Waals surface area contributed by atoms with Crippen LogP contribution in [-0.2, 0) is 4.74 Å². The molecule has 0 unspecified atom stereocenters. The molecule has 0 heterocycles. The minimum atomic E-state index is -0.332. The number of ketones is 1. The maximum atomic E-state index is 13.3. The Morgan fingerprint density at radius 2 is 2.06 bits per heavy atom. The highest BCUT2D eigenvalue weighted by molar-refractivity contribution is 5.96. The average Bonchev–Trinajstić information content (AvgIpc) is 2.31. The molecular weight excluding hydrogens is 231 g/mol. The maximum Gasteiger partial charge on any atom is 0.165 e. The molecule has 0 saturated heterocycles. The van der Waals surface area contributed by atoms with Crippen molar-refractivity contribution in [1.82, 2.24) is 0 Å². The number of rotatable bonds is 7. The lowest BCUT2D eigenvalue weighted by Gasteiger charge is -2.06. The lowest BCUT2D eigenvalue weighted by Crippen LogP contribution is -2.07. The van der Waals surface area contributed by atoms with Crippen LogP contribution in [0.2, 0.25) is 0 Å². The van der Waals surface area contributed by atoms with E-state index in [2.05, 4.69) is 13.8 Å². The average molecular weight is 252 g/mol. The second kappa shape index (κ2) is 7.27. The zero-order chi connectivity index (χ0) is 13.5. The standard InChI is InChI=1S/C15H21FO2/c1-11(2)6-8-18-9-7-15(17)13-5-4-12(3)14(16)10-13/h4-5,10-11H,6-9H2,1-3H3. The predicted octanol–water partition coefficient (Wildman–Crippen LogP) is 3.77. The van der Waals surface area contributed by atoms with Gasteiger partial charge >= 0.3 is 0 Å². The third-order valence-corrected chi connectivity index (χ3v) is 2.81. The van der Waals surface area contributed by atoms with Crippen LogP contribution < -0.4 is 0 Å². The first-order valence-electron chi connectivity index (χ1n) is 6.37. The van der Waals surface area contributed by atoms with Crippen LogP contribution >= 0.6 is 0 Å². The summed E-state index contributed by atoms with van der Waals surface area (Å²) in [6.45, 7) is 7.01. The molecule has 0 atom stereocenters. The number of ether oxygens (including phenoxy) is 1. The van der Waals surface area contributed by atoms with Crippen molar-refractivity contribution in [3.8, 4) is 0 Å². The van der Waals surface area contributed by atoms with Crippen molar-refractivity contribution in [1.29, 1.82) is 0 Å². The number of benzene rings is 1. The van der Waals surface area contributed by atoms with Crippen molar-refractivity contribution in [2.75, 3.05) is 13.2 Å². The Balaban J connectivity index is 2.34. The van der Waals surface area contributed by atoms with Gasteiger partial charge in [-0.05, 0) is 30.9 Å². The molecule has 1 rings (SSSR count). The zero-order valence-electron chi connectivity index (χ0n) is 11.3. The van der Waals surface area contributed by atoms with Crippen LogP contribution in [0.15, 0.2) is 18.2 Å². The molecular formula is C15H21FO2. The van der Waals surface area contributed by atoms with E-state index in [0.717, 1.165) is 6.42 Å². The summed E-state index contributed by atoms with van der Waals surface area (Å²) in [5.41, 5.74) is 0.977. The van der Waals surface area contributed by atoms with E-state index in [1.165, 1.54) is 6.07 Å². The zero-order valence-corrected chi connectivity index (χ0v) is 11.3. The van der Waals surface area contributed by atoms with E-state index in [0.29, 0.717) is 36.7 Å². The van der Waals surface area contributed by atoms with Gasteiger partial charge in [0.1, 0.15) is 5.82 Å². The van der Waals surface area contributed by atoms with Gasteiger partial charge in [-0.15, -0.1) is 0 Å².